The first-order valence-electron chi connectivity index (χ1n) is 12.3. The number of hydrogen-bond donors (Lipinski definition) is 2. The molecule has 158 valence electrons. The summed E-state index contributed by atoms with van der Waals surface area (Å²) in [4.78, 5) is 24.6. The number of amides is 2. The van der Waals surface area contributed by atoms with Gasteiger partial charge in [0.1, 0.15) is 0 Å². The van der Waals surface area contributed by atoms with Crippen molar-refractivity contribution in [3.8, 4) is 0 Å². The molecule has 6 atom stereocenters. The number of fused-ring (bicyclic) bond motifs is 4. The van der Waals surface area contributed by atoms with Gasteiger partial charge in [-0.25, -0.2) is 0 Å². The summed E-state index contributed by atoms with van der Waals surface area (Å²) in [5, 5.41) is 6.37. The summed E-state index contributed by atoms with van der Waals surface area (Å²) in [5.74, 6) is 4.39. The van der Waals surface area contributed by atoms with E-state index in [4.69, 9.17) is 0 Å². The SMILES string of the molecule is O=C(NCCCCCCCCNC(=O)[C@@H]1C[C@@H]2CC[C@@H]1C2)[C@H]1C[C@@H]2CC[C@@H]1C2. The maximum Gasteiger partial charge on any atom is 0.223 e. The van der Waals surface area contributed by atoms with Crippen molar-refractivity contribution in [1.29, 1.82) is 0 Å². The van der Waals surface area contributed by atoms with Gasteiger partial charge in [0.25, 0.3) is 0 Å². The highest BCUT2D eigenvalue weighted by atomic mass is 16.2. The standard InChI is InChI=1S/C24H40N2O2/c27-23(21-15-17-7-9-19(21)13-17)25-11-5-3-1-2-4-6-12-26-24(28)22-16-18-8-10-20(22)14-18/h17-22H,1-16H2,(H,25,27)(H,26,28)/t17-,18-,19-,20-,21-,22+/m1/s1. The Morgan fingerprint density at radius 2 is 1.00 bits per heavy atom. The van der Waals surface area contributed by atoms with Gasteiger partial charge in [-0.3, -0.25) is 9.59 Å². The van der Waals surface area contributed by atoms with Crippen LogP contribution < -0.4 is 10.6 Å². The van der Waals surface area contributed by atoms with Gasteiger partial charge in [0.05, 0.1) is 0 Å². The van der Waals surface area contributed by atoms with Gasteiger partial charge in [0.2, 0.25) is 11.8 Å². The molecule has 2 N–H and O–H groups in total. The first-order chi connectivity index (χ1) is 13.7. The van der Waals surface area contributed by atoms with E-state index in [0.717, 1.165) is 50.6 Å². The molecule has 0 saturated heterocycles. The topological polar surface area (TPSA) is 58.2 Å². The predicted octanol–water partition coefficient (Wildman–Crippen LogP) is 4.43. The molecule has 0 aliphatic heterocycles. The molecule has 2 amide bonds. The van der Waals surface area contributed by atoms with E-state index in [9.17, 15) is 9.59 Å². The average molecular weight is 389 g/mol. The third-order valence-electron chi connectivity index (χ3n) is 8.35. The smallest absolute Gasteiger partial charge is 0.223 e. The van der Waals surface area contributed by atoms with E-state index in [-0.39, 0.29) is 0 Å². The Balaban J connectivity index is 0.946. The second kappa shape index (κ2) is 9.63. The first-order valence-corrected chi connectivity index (χ1v) is 12.3. The highest BCUT2D eigenvalue weighted by Gasteiger charge is 2.43. The molecule has 4 rings (SSSR count). The molecular formula is C24H40N2O2. The van der Waals surface area contributed by atoms with Crippen LogP contribution in [0.25, 0.3) is 0 Å². The lowest BCUT2D eigenvalue weighted by Gasteiger charge is -2.20. The van der Waals surface area contributed by atoms with Crippen molar-refractivity contribution < 1.29 is 9.59 Å². The Hall–Kier alpha value is -1.06. The lowest BCUT2D eigenvalue weighted by Crippen LogP contribution is -2.34. The number of carbonyl (C=O) groups excluding carboxylic acids is 2. The lowest BCUT2D eigenvalue weighted by atomic mass is 9.88. The van der Waals surface area contributed by atoms with Gasteiger partial charge >= 0.3 is 0 Å². The summed E-state index contributed by atoms with van der Waals surface area (Å²) < 4.78 is 0. The molecule has 0 heterocycles. The fourth-order valence-corrected chi connectivity index (χ4v) is 6.77. The van der Waals surface area contributed by atoms with Crippen LogP contribution in [0.5, 0.6) is 0 Å². The average Bonchev–Trinajstić information content (AvgIpc) is 3.49. The third kappa shape index (κ3) is 4.91. The molecule has 4 heteroatoms. The summed E-state index contributed by atoms with van der Waals surface area (Å²) in [6.07, 6.45) is 17.3. The second-order valence-electron chi connectivity index (χ2n) is 10.3. The van der Waals surface area contributed by atoms with Crippen LogP contribution in [0.1, 0.15) is 89.9 Å². The fraction of sp³-hybridized carbons (Fsp3) is 0.917. The van der Waals surface area contributed by atoms with Crippen molar-refractivity contribution >= 4 is 11.8 Å². The molecule has 0 spiro atoms. The van der Waals surface area contributed by atoms with E-state index in [1.807, 2.05) is 0 Å². The van der Waals surface area contributed by atoms with Gasteiger partial charge in [-0.1, -0.05) is 38.5 Å². The van der Waals surface area contributed by atoms with Gasteiger partial charge < -0.3 is 10.6 Å². The normalized spacial score (nSPS) is 35.4. The molecule has 4 fully saturated rings. The largest absolute Gasteiger partial charge is 0.356 e. The number of unbranched alkanes of at least 4 members (excludes halogenated alkanes) is 5. The van der Waals surface area contributed by atoms with Crippen LogP contribution in [0.4, 0.5) is 0 Å². The Kier molecular flexibility index (Phi) is 6.95. The van der Waals surface area contributed by atoms with Gasteiger partial charge in [-0.2, -0.15) is 0 Å². The molecular weight excluding hydrogens is 348 g/mol. The van der Waals surface area contributed by atoms with Crippen LogP contribution in [0.3, 0.4) is 0 Å². The van der Waals surface area contributed by atoms with Crippen molar-refractivity contribution in [2.45, 2.75) is 89.9 Å². The van der Waals surface area contributed by atoms with E-state index in [0.29, 0.717) is 35.5 Å². The minimum Gasteiger partial charge on any atom is -0.356 e. The number of carbonyl (C=O) groups is 2. The van der Waals surface area contributed by atoms with E-state index in [2.05, 4.69) is 10.6 Å². The maximum absolute atomic E-state index is 12.3. The summed E-state index contributed by atoms with van der Waals surface area (Å²) in [6.45, 7) is 1.71. The molecule has 4 aliphatic carbocycles. The van der Waals surface area contributed by atoms with Crippen molar-refractivity contribution in [1.82, 2.24) is 10.6 Å². The number of hydrogen-bond acceptors (Lipinski definition) is 2. The predicted molar refractivity (Wildman–Crippen MR) is 112 cm³/mol. The molecule has 4 saturated carbocycles. The van der Waals surface area contributed by atoms with Crippen LogP contribution in [-0.4, -0.2) is 24.9 Å². The van der Waals surface area contributed by atoms with Crippen LogP contribution in [0, 0.1) is 35.5 Å². The Labute approximate surface area is 171 Å². The van der Waals surface area contributed by atoms with Gasteiger partial charge in [-0.05, 0) is 75.0 Å². The van der Waals surface area contributed by atoms with Gasteiger partial charge in [0.15, 0.2) is 0 Å². The summed E-state index contributed by atoms with van der Waals surface area (Å²) in [7, 11) is 0. The zero-order valence-corrected chi connectivity index (χ0v) is 17.6. The van der Waals surface area contributed by atoms with E-state index >= 15 is 0 Å². The Morgan fingerprint density at radius 1 is 0.571 bits per heavy atom. The van der Waals surface area contributed by atoms with Crippen molar-refractivity contribution in [2.24, 2.45) is 35.5 Å². The van der Waals surface area contributed by atoms with Crippen LogP contribution in [0.2, 0.25) is 0 Å². The van der Waals surface area contributed by atoms with Crippen LogP contribution >= 0.6 is 0 Å². The zero-order chi connectivity index (χ0) is 19.3. The maximum atomic E-state index is 12.3. The summed E-state index contributed by atoms with van der Waals surface area (Å²) >= 11 is 0. The second-order valence-corrected chi connectivity index (χ2v) is 10.3. The van der Waals surface area contributed by atoms with Crippen molar-refractivity contribution in [3.05, 3.63) is 0 Å². The number of rotatable bonds is 11. The van der Waals surface area contributed by atoms with Crippen LogP contribution in [0.15, 0.2) is 0 Å². The molecule has 0 radical (unpaired) electrons. The molecule has 0 aromatic heterocycles. The highest BCUT2D eigenvalue weighted by molar-refractivity contribution is 5.79. The first kappa shape index (κ1) is 20.2. The van der Waals surface area contributed by atoms with Gasteiger partial charge in [-0.15, -0.1) is 0 Å². The summed E-state index contributed by atoms with van der Waals surface area (Å²) in [5.41, 5.74) is 0. The molecule has 4 bridgehead atoms. The van der Waals surface area contributed by atoms with Crippen molar-refractivity contribution in [3.63, 3.8) is 0 Å². The lowest BCUT2D eigenvalue weighted by molar-refractivity contribution is -0.127. The Morgan fingerprint density at radius 3 is 1.36 bits per heavy atom. The molecule has 4 nitrogen and oxygen atoms in total. The third-order valence-corrected chi connectivity index (χ3v) is 8.35. The quantitative estimate of drug-likeness (QED) is 0.514. The monoisotopic (exact) mass is 388 g/mol. The van der Waals surface area contributed by atoms with Crippen molar-refractivity contribution in [2.75, 3.05) is 13.1 Å². The molecule has 28 heavy (non-hydrogen) atoms. The van der Waals surface area contributed by atoms with E-state index in [1.165, 1.54) is 64.2 Å². The molecule has 0 aromatic rings. The molecule has 0 aromatic carbocycles. The minimum absolute atomic E-state index is 0.327. The van der Waals surface area contributed by atoms with E-state index < -0.39 is 0 Å². The summed E-state index contributed by atoms with van der Waals surface area (Å²) in [6, 6.07) is 0. The minimum atomic E-state index is 0.327. The van der Waals surface area contributed by atoms with Gasteiger partial charge in [0, 0.05) is 24.9 Å². The van der Waals surface area contributed by atoms with E-state index in [1.54, 1.807) is 0 Å². The zero-order valence-electron chi connectivity index (χ0n) is 17.6. The Bertz CT molecular complexity index is 501. The van der Waals surface area contributed by atoms with Crippen LogP contribution in [-0.2, 0) is 9.59 Å². The fourth-order valence-electron chi connectivity index (χ4n) is 6.77. The molecule has 0 unspecified atom stereocenters. The highest BCUT2D eigenvalue weighted by Crippen LogP contribution is 2.49. The number of nitrogens with one attached hydrogen (secondary N) is 2. The molecule has 4 aliphatic rings.